The lowest BCUT2D eigenvalue weighted by molar-refractivity contribution is -0.119. The summed E-state index contributed by atoms with van der Waals surface area (Å²) in [5, 5.41) is 4.59. The Morgan fingerprint density at radius 2 is 2.00 bits per heavy atom. The van der Waals surface area contributed by atoms with Crippen LogP contribution in [0.25, 0.3) is 0 Å². The fraction of sp³-hybridized carbons (Fsp3) is 0.417. The van der Waals surface area contributed by atoms with Crippen molar-refractivity contribution < 1.29 is 17.6 Å². The molecule has 10 heteroatoms. The largest absolute Gasteiger partial charge is 0.356 e. The van der Waals surface area contributed by atoms with Crippen molar-refractivity contribution in [1.29, 1.82) is 0 Å². The zero-order valence-electron chi connectivity index (χ0n) is 19.4. The highest BCUT2D eigenvalue weighted by atomic mass is 35.5. The van der Waals surface area contributed by atoms with E-state index < -0.39 is 21.9 Å². The molecule has 0 radical (unpaired) electrons. The van der Waals surface area contributed by atoms with Gasteiger partial charge in [-0.3, -0.25) is 4.79 Å². The Kier molecular flexibility index (Phi) is 6.98. The maximum absolute atomic E-state index is 14.9. The van der Waals surface area contributed by atoms with Gasteiger partial charge in [0.05, 0.1) is 30.5 Å². The van der Waals surface area contributed by atoms with Crippen LogP contribution in [0.3, 0.4) is 0 Å². The first-order valence-corrected chi connectivity index (χ1v) is 13.1. The summed E-state index contributed by atoms with van der Waals surface area (Å²) in [6.07, 6.45) is 1.82. The highest BCUT2D eigenvalue weighted by molar-refractivity contribution is 7.89. The number of anilines is 1. The average Bonchev–Trinajstić information content (AvgIpc) is 3.22. The van der Waals surface area contributed by atoms with Crippen molar-refractivity contribution in [2.75, 3.05) is 18.1 Å². The summed E-state index contributed by atoms with van der Waals surface area (Å²) in [5.74, 6) is -0.721. The Balaban J connectivity index is 1.83. The summed E-state index contributed by atoms with van der Waals surface area (Å²) < 4.78 is 44.0. The highest BCUT2D eigenvalue weighted by Crippen LogP contribution is 2.37. The SMILES string of the molecule is CCCCN1CN(C(Cc2c(F)ccc(C)c2C)C2=NNC(=O)C2)S(=O)(=O)c2ccc(Cl)cc21. The van der Waals surface area contributed by atoms with Gasteiger partial charge in [0.25, 0.3) is 0 Å². The molecular formula is C24H28ClFN4O3S. The van der Waals surface area contributed by atoms with E-state index in [0.717, 1.165) is 24.0 Å². The molecule has 2 heterocycles. The summed E-state index contributed by atoms with van der Waals surface area (Å²) in [7, 11) is -3.98. The van der Waals surface area contributed by atoms with Crippen LogP contribution in [0.15, 0.2) is 40.3 Å². The number of amides is 1. The Morgan fingerprint density at radius 1 is 1.24 bits per heavy atom. The van der Waals surface area contributed by atoms with Crippen molar-refractivity contribution in [3.63, 3.8) is 0 Å². The van der Waals surface area contributed by atoms with Gasteiger partial charge in [-0.15, -0.1) is 0 Å². The number of hydrogen-bond acceptors (Lipinski definition) is 5. The van der Waals surface area contributed by atoms with E-state index in [9.17, 15) is 17.6 Å². The van der Waals surface area contributed by atoms with E-state index in [1.54, 1.807) is 18.2 Å². The molecule has 0 fully saturated rings. The van der Waals surface area contributed by atoms with Crippen LogP contribution in [0.5, 0.6) is 0 Å². The Labute approximate surface area is 204 Å². The molecule has 7 nitrogen and oxygen atoms in total. The van der Waals surface area contributed by atoms with E-state index in [0.29, 0.717) is 28.5 Å². The standard InChI is InChI=1S/C24H28ClFN4O3S/c1-4-5-10-29-14-30(34(32,33)23-9-7-17(25)11-22(23)29)21(20-13-24(31)28-27-20)12-18-16(3)15(2)6-8-19(18)26/h6-9,11,21H,4-5,10,12-14H2,1-3H3,(H,28,31). The number of nitrogens with zero attached hydrogens (tertiary/aromatic N) is 3. The highest BCUT2D eigenvalue weighted by Gasteiger charge is 2.43. The molecule has 2 aromatic rings. The molecule has 0 aliphatic carbocycles. The number of hydrogen-bond donors (Lipinski definition) is 1. The number of hydrazone groups is 1. The van der Waals surface area contributed by atoms with Gasteiger partial charge in [-0.1, -0.05) is 31.0 Å². The molecular weight excluding hydrogens is 479 g/mol. The normalized spacial score (nSPS) is 18.4. The van der Waals surface area contributed by atoms with E-state index in [1.165, 1.54) is 16.4 Å². The van der Waals surface area contributed by atoms with Crippen molar-refractivity contribution in [2.24, 2.45) is 5.10 Å². The van der Waals surface area contributed by atoms with Crippen LogP contribution < -0.4 is 10.3 Å². The van der Waals surface area contributed by atoms with E-state index in [1.807, 2.05) is 18.7 Å². The molecule has 0 bridgehead atoms. The van der Waals surface area contributed by atoms with Crippen LogP contribution in [0.2, 0.25) is 5.02 Å². The van der Waals surface area contributed by atoms with E-state index in [4.69, 9.17) is 11.6 Å². The second-order valence-electron chi connectivity index (χ2n) is 8.77. The number of halogens is 2. The smallest absolute Gasteiger partial charge is 0.247 e. The third-order valence-electron chi connectivity index (χ3n) is 6.55. The minimum Gasteiger partial charge on any atom is -0.356 e. The van der Waals surface area contributed by atoms with Crippen LogP contribution in [0.4, 0.5) is 10.1 Å². The molecule has 4 rings (SSSR count). The first-order valence-electron chi connectivity index (χ1n) is 11.3. The Morgan fingerprint density at radius 3 is 2.68 bits per heavy atom. The first kappa shape index (κ1) is 24.6. The summed E-state index contributed by atoms with van der Waals surface area (Å²) in [6, 6.07) is 6.99. The van der Waals surface area contributed by atoms with Crippen LogP contribution in [-0.2, 0) is 21.2 Å². The predicted octanol–water partition coefficient (Wildman–Crippen LogP) is 4.15. The lowest BCUT2D eigenvalue weighted by Crippen LogP contribution is -2.54. The molecule has 34 heavy (non-hydrogen) atoms. The van der Waals surface area contributed by atoms with Crippen molar-refractivity contribution in [3.05, 3.63) is 57.9 Å². The molecule has 1 N–H and O–H groups in total. The number of rotatable bonds is 7. The van der Waals surface area contributed by atoms with Gasteiger partial charge in [-0.2, -0.15) is 9.41 Å². The first-order chi connectivity index (χ1) is 16.1. The van der Waals surface area contributed by atoms with Gasteiger partial charge in [-0.25, -0.2) is 18.2 Å². The van der Waals surface area contributed by atoms with Crippen LogP contribution in [0, 0.1) is 19.7 Å². The second-order valence-corrected chi connectivity index (χ2v) is 11.1. The van der Waals surface area contributed by atoms with Crippen LogP contribution >= 0.6 is 11.6 Å². The number of benzene rings is 2. The molecule has 182 valence electrons. The number of unbranched alkanes of at least 4 members (excludes halogenated alkanes) is 1. The number of aryl methyl sites for hydroxylation is 1. The number of nitrogens with one attached hydrogen (secondary N) is 1. The van der Waals surface area contributed by atoms with Gasteiger partial charge in [0.1, 0.15) is 10.7 Å². The van der Waals surface area contributed by atoms with Gasteiger partial charge in [-0.05, 0) is 67.6 Å². The van der Waals surface area contributed by atoms with E-state index >= 15 is 0 Å². The topological polar surface area (TPSA) is 82.1 Å². The van der Waals surface area contributed by atoms with Crippen molar-refractivity contribution in [2.45, 2.75) is 57.4 Å². The maximum atomic E-state index is 14.9. The number of fused-ring (bicyclic) bond motifs is 1. The van der Waals surface area contributed by atoms with Gasteiger partial charge in [0.2, 0.25) is 15.9 Å². The third kappa shape index (κ3) is 4.56. The fourth-order valence-corrected chi connectivity index (χ4v) is 6.38. The molecule has 0 spiro atoms. The number of sulfonamides is 1. The lowest BCUT2D eigenvalue weighted by Gasteiger charge is -2.41. The molecule has 2 aliphatic rings. The van der Waals surface area contributed by atoms with E-state index in [2.05, 4.69) is 17.5 Å². The second kappa shape index (κ2) is 9.64. The zero-order chi connectivity index (χ0) is 24.6. The van der Waals surface area contributed by atoms with Crippen LogP contribution in [-0.4, -0.2) is 43.6 Å². The molecule has 0 saturated heterocycles. The minimum absolute atomic E-state index is 0.0361. The van der Waals surface area contributed by atoms with Gasteiger partial charge >= 0.3 is 0 Å². The molecule has 2 aliphatic heterocycles. The van der Waals surface area contributed by atoms with Gasteiger partial charge in [0, 0.05) is 11.6 Å². The summed E-state index contributed by atoms with van der Waals surface area (Å²) in [6.45, 7) is 6.45. The minimum atomic E-state index is -3.98. The molecule has 2 aromatic carbocycles. The summed E-state index contributed by atoms with van der Waals surface area (Å²) in [4.78, 5) is 14.1. The average molecular weight is 507 g/mol. The van der Waals surface area contributed by atoms with E-state index in [-0.39, 0.29) is 30.3 Å². The number of carbonyl (C=O) groups is 1. The molecule has 0 saturated carbocycles. The third-order valence-corrected chi connectivity index (χ3v) is 8.67. The molecule has 0 aromatic heterocycles. The number of carbonyl (C=O) groups excluding carboxylic acids is 1. The Bertz CT molecular complexity index is 1270. The molecule has 1 atom stereocenters. The quantitative estimate of drug-likeness (QED) is 0.611. The summed E-state index contributed by atoms with van der Waals surface area (Å²) in [5.41, 5.74) is 5.43. The summed E-state index contributed by atoms with van der Waals surface area (Å²) >= 11 is 6.20. The Hall–Kier alpha value is -2.49. The zero-order valence-corrected chi connectivity index (χ0v) is 21.0. The predicted molar refractivity (Wildman–Crippen MR) is 131 cm³/mol. The van der Waals surface area contributed by atoms with Gasteiger partial charge in [0.15, 0.2) is 0 Å². The molecule has 1 unspecified atom stereocenters. The van der Waals surface area contributed by atoms with Crippen LogP contribution in [0.1, 0.15) is 42.9 Å². The van der Waals surface area contributed by atoms with Crippen molar-refractivity contribution >= 4 is 38.9 Å². The monoisotopic (exact) mass is 506 g/mol. The van der Waals surface area contributed by atoms with Gasteiger partial charge < -0.3 is 4.90 Å². The lowest BCUT2D eigenvalue weighted by atomic mass is 9.94. The maximum Gasteiger partial charge on any atom is 0.247 e. The molecule has 1 amide bonds. The fourth-order valence-electron chi connectivity index (χ4n) is 4.45. The van der Waals surface area contributed by atoms with Crippen molar-refractivity contribution in [1.82, 2.24) is 9.73 Å². The van der Waals surface area contributed by atoms with Crippen molar-refractivity contribution in [3.8, 4) is 0 Å².